The summed E-state index contributed by atoms with van der Waals surface area (Å²) >= 11 is 14.5. The Bertz CT molecular complexity index is 537. The Morgan fingerprint density at radius 1 is 0.400 bits per heavy atom. The molecule has 25 heavy (non-hydrogen) atoms. The first kappa shape index (κ1) is 24.5. The molecule has 3 rings (SSSR count). The van der Waals surface area contributed by atoms with Gasteiger partial charge in [-0.05, 0) is 0 Å². The smallest absolute Gasteiger partial charge is 0.788 e. The van der Waals surface area contributed by atoms with Crippen LogP contribution in [0.25, 0.3) is 0 Å². The quantitative estimate of drug-likeness (QED) is 0.381. The van der Waals surface area contributed by atoms with Gasteiger partial charge in [-0.3, -0.25) is 0 Å². The monoisotopic (exact) mass is 490 g/mol. The van der Waals surface area contributed by atoms with Gasteiger partial charge < -0.3 is 37.9 Å². The van der Waals surface area contributed by atoms with Gasteiger partial charge in [-0.2, -0.15) is 17.3 Å². The third-order valence-electron chi connectivity index (χ3n) is 3.03. The average molecular weight is 491 g/mol. The van der Waals surface area contributed by atoms with Crippen LogP contribution in [-0.4, -0.2) is 24.4 Å². The van der Waals surface area contributed by atoms with Crippen LogP contribution in [0.4, 0.5) is 0 Å². The summed E-state index contributed by atoms with van der Waals surface area (Å²) in [4.78, 5) is 0. The van der Waals surface area contributed by atoms with E-state index in [2.05, 4.69) is 0 Å². The topological polar surface area (TPSA) is 0 Å². The van der Waals surface area contributed by atoms with Gasteiger partial charge in [-0.1, -0.05) is 108 Å². The summed E-state index contributed by atoms with van der Waals surface area (Å²) in [5, 5.41) is 0. The first-order valence-corrected chi connectivity index (χ1v) is 9.39. The molecule has 0 aliphatic carbocycles. The van der Waals surface area contributed by atoms with Crippen molar-refractivity contribution in [3.63, 3.8) is 0 Å². The van der Waals surface area contributed by atoms with E-state index in [1.165, 1.54) is 16.7 Å². The van der Waals surface area contributed by atoms with Crippen molar-refractivity contribution in [1.82, 2.24) is 0 Å². The van der Waals surface area contributed by atoms with Crippen LogP contribution in [0.2, 0.25) is 0 Å². The number of rotatable bonds is 3. The second-order valence-electron chi connectivity index (χ2n) is 4.89. The third kappa shape index (κ3) is 12.5. The summed E-state index contributed by atoms with van der Waals surface area (Å²) in [7, 11) is 0. The van der Waals surface area contributed by atoms with Gasteiger partial charge in [-0.15, -0.1) is 0 Å². The molecule has 0 aromatic heterocycles. The minimum atomic E-state index is 0. The molecule has 4 heteroatoms. The molecule has 3 aromatic carbocycles. The van der Waals surface area contributed by atoms with E-state index in [-0.39, 0.29) is 24.4 Å². The predicted octanol–water partition coefficient (Wildman–Crippen LogP) is 4.82. The van der Waals surface area contributed by atoms with E-state index in [9.17, 15) is 0 Å². The summed E-state index contributed by atoms with van der Waals surface area (Å²) in [6.07, 6.45) is 0. The summed E-state index contributed by atoms with van der Waals surface area (Å²) in [6.45, 7) is 0. The normalized spacial score (nSPS) is 8.76. The van der Waals surface area contributed by atoms with Crippen LogP contribution in [0.15, 0.2) is 91.0 Å². The van der Waals surface area contributed by atoms with Gasteiger partial charge in [0.2, 0.25) is 0 Å². The Kier molecular flexibility index (Phi) is 16.6. The predicted molar refractivity (Wildman–Crippen MR) is 118 cm³/mol. The van der Waals surface area contributed by atoms with Gasteiger partial charge in [0, 0.05) is 0 Å². The maximum Gasteiger partial charge on any atom is 3.00 e. The van der Waals surface area contributed by atoms with Crippen molar-refractivity contribution in [1.29, 1.82) is 0 Å². The molecule has 0 saturated carbocycles. The molecule has 0 atom stereocenters. The largest absolute Gasteiger partial charge is 3.00 e. The standard InChI is InChI=1S/3C7H8S.Sb/c3*8-6-7-4-2-1-3-5-7;/h3*1-5,8H,6H2;/q;;;+3/p-3. The van der Waals surface area contributed by atoms with Crippen LogP contribution < -0.4 is 0 Å². The Hall–Kier alpha value is -0.472. The van der Waals surface area contributed by atoms with Crippen LogP contribution in [-0.2, 0) is 55.1 Å². The molecular weight excluding hydrogens is 470 g/mol. The van der Waals surface area contributed by atoms with E-state index >= 15 is 0 Å². The zero-order chi connectivity index (χ0) is 17.5. The fourth-order valence-corrected chi connectivity index (χ4v) is 2.30. The fourth-order valence-electron chi connectivity index (χ4n) is 1.72. The molecule has 0 aliphatic rings. The van der Waals surface area contributed by atoms with Crippen molar-refractivity contribution in [2.45, 2.75) is 17.3 Å². The van der Waals surface area contributed by atoms with E-state index < -0.39 is 0 Å². The number of hydrogen-bond acceptors (Lipinski definition) is 3. The average Bonchev–Trinajstić information content (AvgIpc) is 2.71. The molecule has 0 fully saturated rings. The number of hydrogen-bond donors (Lipinski definition) is 0. The van der Waals surface area contributed by atoms with E-state index in [1.54, 1.807) is 0 Å². The molecule has 0 bridgehead atoms. The molecule has 0 N–H and O–H groups in total. The SMILES string of the molecule is [S-]Cc1ccccc1.[S-]Cc1ccccc1.[S-]Cc1ccccc1.[Sb+3]. The molecule has 0 unspecified atom stereocenters. The molecule has 0 nitrogen and oxygen atoms in total. The zero-order valence-electron chi connectivity index (χ0n) is 14.0. The van der Waals surface area contributed by atoms with Crippen LogP contribution in [0.1, 0.15) is 16.7 Å². The summed E-state index contributed by atoms with van der Waals surface area (Å²) in [5.74, 6) is 2.17. The van der Waals surface area contributed by atoms with E-state index in [0.717, 1.165) is 17.3 Å². The summed E-state index contributed by atoms with van der Waals surface area (Å²) in [6, 6.07) is 30.2. The van der Waals surface area contributed by atoms with Crippen LogP contribution in [0.5, 0.6) is 0 Å². The maximum absolute atomic E-state index is 4.82. The second kappa shape index (κ2) is 17.0. The Labute approximate surface area is 186 Å². The molecular formula is C21H21S3Sb. The number of benzene rings is 3. The van der Waals surface area contributed by atoms with E-state index in [0.29, 0.717) is 0 Å². The first-order valence-electron chi connectivity index (χ1n) is 7.66. The Morgan fingerprint density at radius 2 is 0.600 bits per heavy atom. The Balaban J connectivity index is 0.000000339. The molecule has 0 spiro atoms. The maximum atomic E-state index is 4.82. The zero-order valence-corrected chi connectivity index (χ0v) is 19.0. The van der Waals surface area contributed by atoms with Gasteiger partial charge in [0.25, 0.3) is 0 Å². The van der Waals surface area contributed by atoms with Crippen LogP contribution in [0.3, 0.4) is 0 Å². The van der Waals surface area contributed by atoms with Crippen LogP contribution >= 0.6 is 0 Å². The van der Waals surface area contributed by atoms with Gasteiger partial charge >= 0.3 is 24.4 Å². The van der Waals surface area contributed by atoms with Crippen molar-refractivity contribution >= 4 is 62.3 Å². The van der Waals surface area contributed by atoms with Crippen molar-refractivity contribution in [2.75, 3.05) is 0 Å². The van der Waals surface area contributed by atoms with Crippen molar-refractivity contribution in [2.24, 2.45) is 0 Å². The van der Waals surface area contributed by atoms with E-state index in [4.69, 9.17) is 37.9 Å². The summed E-state index contributed by atoms with van der Waals surface area (Å²) < 4.78 is 0. The fraction of sp³-hybridized carbons (Fsp3) is 0.143. The minimum Gasteiger partial charge on any atom is -0.788 e. The van der Waals surface area contributed by atoms with Crippen molar-refractivity contribution in [3.8, 4) is 0 Å². The van der Waals surface area contributed by atoms with E-state index in [1.807, 2.05) is 91.0 Å². The molecule has 0 heterocycles. The second-order valence-corrected chi connectivity index (χ2v) is 5.76. The van der Waals surface area contributed by atoms with Crippen LogP contribution in [0, 0.1) is 0 Å². The van der Waals surface area contributed by atoms with Crippen molar-refractivity contribution < 1.29 is 0 Å². The molecule has 0 amide bonds. The third-order valence-corrected chi connectivity index (χ3v) is 4.03. The van der Waals surface area contributed by atoms with Gasteiger partial charge in [-0.25, -0.2) is 0 Å². The summed E-state index contributed by atoms with van der Waals surface area (Å²) in [5.41, 5.74) is 3.67. The molecule has 0 saturated heterocycles. The molecule has 2 radical (unpaired) electrons. The Morgan fingerprint density at radius 3 is 0.720 bits per heavy atom. The van der Waals surface area contributed by atoms with Gasteiger partial charge in [0.05, 0.1) is 0 Å². The van der Waals surface area contributed by atoms with Gasteiger partial charge in [0.1, 0.15) is 0 Å². The molecule has 3 aromatic rings. The molecule has 128 valence electrons. The van der Waals surface area contributed by atoms with Gasteiger partial charge in [0.15, 0.2) is 0 Å². The van der Waals surface area contributed by atoms with Crippen molar-refractivity contribution in [3.05, 3.63) is 108 Å². The minimum absolute atomic E-state index is 0. The molecule has 0 aliphatic heterocycles. The first-order chi connectivity index (χ1) is 11.8.